The highest BCUT2D eigenvalue weighted by Crippen LogP contribution is 2.34. The van der Waals surface area contributed by atoms with E-state index in [0.717, 1.165) is 57.3 Å². The van der Waals surface area contributed by atoms with Crippen molar-refractivity contribution in [3.8, 4) is 11.5 Å². The molecule has 0 spiro atoms. The molecule has 0 unspecified atom stereocenters. The van der Waals surface area contributed by atoms with Crippen molar-refractivity contribution < 1.29 is 79.1 Å². The molecule has 1 aromatic heterocycles. The van der Waals surface area contributed by atoms with Crippen LogP contribution in [0.4, 0.5) is 0 Å². The zero-order valence-electron chi connectivity index (χ0n) is 32.8. The third-order valence-electron chi connectivity index (χ3n) is 8.84. The summed E-state index contributed by atoms with van der Waals surface area (Å²) in [6.45, 7) is 19.4. The monoisotopic (exact) mass is 809 g/mol. The standard InChI is InChI=1S/C26H39N3O2.2C6H8O7/c1-6-27(7-2)15-17-30-21-11-13-25-23(19-21)24-20-22(12-14-26(24)29(25)10-5)31-18-16-28(8-3)9-4;2*7-3(8)1-6(13,5(11)12)2-4(9)10/h11-14,19-20H,6-10,15-18H2,1-5H3;2*13H,1-2H2,(H,7,8)(H,9,10)(H,11,12). The molecule has 0 fully saturated rings. The highest BCUT2D eigenvalue weighted by atomic mass is 16.5. The average Bonchev–Trinajstić information content (AvgIpc) is 3.43. The third-order valence-corrected chi connectivity index (χ3v) is 8.84. The summed E-state index contributed by atoms with van der Waals surface area (Å²) in [5, 5.41) is 70.1. The second-order valence-electron chi connectivity index (χ2n) is 12.8. The number of aryl methyl sites for hydroxylation is 1. The molecule has 0 aliphatic rings. The van der Waals surface area contributed by atoms with E-state index in [9.17, 15) is 28.8 Å². The van der Waals surface area contributed by atoms with Crippen molar-refractivity contribution in [1.29, 1.82) is 0 Å². The fraction of sp³-hybridized carbons (Fsp3) is 0.526. The summed E-state index contributed by atoms with van der Waals surface area (Å²) in [6, 6.07) is 12.9. The number of aromatic nitrogens is 1. The molecule has 0 aliphatic heterocycles. The number of likely N-dealkylation sites (N-methyl/N-ethyl adjacent to an activating group) is 2. The number of hydrogen-bond acceptors (Lipinski definition) is 12. The van der Waals surface area contributed by atoms with E-state index in [4.69, 9.17) is 50.3 Å². The summed E-state index contributed by atoms with van der Waals surface area (Å²) in [5.74, 6) is -8.17. The van der Waals surface area contributed by atoms with E-state index in [2.05, 4.69) is 85.4 Å². The zero-order valence-corrected chi connectivity index (χ0v) is 32.8. The van der Waals surface area contributed by atoms with Crippen LogP contribution >= 0.6 is 0 Å². The van der Waals surface area contributed by atoms with Gasteiger partial charge in [0.15, 0.2) is 11.2 Å². The van der Waals surface area contributed by atoms with Gasteiger partial charge < -0.3 is 64.7 Å². The number of ether oxygens (including phenoxy) is 2. The number of rotatable bonds is 23. The second-order valence-corrected chi connectivity index (χ2v) is 12.8. The molecule has 2 aromatic carbocycles. The highest BCUT2D eigenvalue weighted by molar-refractivity contribution is 6.09. The number of aliphatic carboxylic acids is 6. The van der Waals surface area contributed by atoms with Gasteiger partial charge in [0.05, 0.1) is 25.7 Å². The number of fused-ring (bicyclic) bond motifs is 3. The molecule has 19 nitrogen and oxygen atoms in total. The van der Waals surface area contributed by atoms with Gasteiger partial charge in [0, 0.05) is 41.4 Å². The largest absolute Gasteiger partial charge is 0.492 e. The number of nitrogens with zero attached hydrogens (tertiary/aromatic N) is 3. The molecule has 0 bridgehead atoms. The molecule has 318 valence electrons. The fourth-order valence-electron chi connectivity index (χ4n) is 5.68. The maximum absolute atomic E-state index is 10.3. The Morgan fingerprint density at radius 1 is 0.544 bits per heavy atom. The third kappa shape index (κ3) is 15.9. The molecule has 0 radical (unpaired) electrons. The van der Waals surface area contributed by atoms with Gasteiger partial charge in [-0.15, -0.1) is 0 Å². The van der Waals surface area contributed by atoms with Crippen LogP contribution in [0, 0.1) is 0 Å². The molecule has 3 rings (SSSR count). The van der Waals surface area contributed by atoms with Gasteiger partial charge in [-0.2, -0.15) is 0 Å². The smallest absolute Gasteiger partial charge is 0.336 e. The van der Waals surface area contributed by atoms with Crippen molar-refractivity contribution in [2.24, 2.45) is 0 Å². The summed E-state index contributed by atoms with van der Waals surface area (Å²) in [4.78, 5) is 65.7. The Bertz CT molecular complexity index is 1660. The van der Waals surface area contributed by atoms with Crippen molar-refractivity contribution in [2.45, 2.75) is 78.0 Å². The Kier molecular flexibility index (Phi) is 20.5. The number of hydrogen-bond donors (Lipinski definition) is 8. The lowest BCUT2D eigenvalue weighted by Gasteiger charge is -2.18. The van der Waals surface area contributed by atoms with Crippen molar-refractivity contribution >= 4 is 57.6 Å². The van der Waals surface area contributed by atoms with Crippen LogP contribution in [0.25, 0.3) is 21.8 Å². The van der Waals surface area contributed by atoms with Crippen LogP contribution < -0.4 is 9.47 Å². The molecule has 8 N–H and O–H groups in total. The Balaban J connectivity index is 0.000000517. The Hall–Kier alpha value is -5.50. The van der Waals surface area contributed by atoms with Gasteiger partial charge in [-0.3, -0.25) is 19.2 Å². The van der Waals surface area contributed by atoms with Crippen molar-refractivity contribution in [3.63, 3.8) is 0 Å². The van der Waals surface area contributed by atoms with Crippen molar-refractivity contribution in [3.05, 3.63) is 36.4 Å². The van der Waals surface area contributed by atoms with Gasteiger partial charge in [0.25, 0.3) is 0 Å². The van der Waals surface area contributed by atoms with E-state index in [-0.39, 0.29) is 0 Å². The topological polar surface area (TPSA) is 294 Å². The highest BCUT2D eigenvalue weighted by Gasteiger charge is 2.41. The van der Waals surface area contributed by atoms with Gasteiger partial charge in [0.1, 0.15) is 24.7 Å². The SMILES string of the molecule is CCN(CC)CCOc1ccc2c(c1)c1cc(OCCN(CC)CC)ccc1n2CC.O=C(O)CC(O)(CC(=O)O)C(=O)O.O=C(O)CC(O)(CC(=O)O)C(=O)O. The van der Waals surface area contributed by atoms with E-state index >= 15 is 0 Å². The van der Waals surface area contributed by atoms with E-state index in [1.165, 1.54) is 21.8 Å². The van der Waals surface area contributed by atoms with Gasteiger partial charge in [0.2, 0.25) is 0 Å². The number of carboxylic acid groups (broad SMARTS) is 6. The Labute approximate surface area is 329 Å². The van der Waals surface area contributed by atoms with Crippen molar-refractivity contribution in [1.82, 2.24) is 14.4 Å². The minimum absolute atomic E-state index is 0.708. The predicted molar refractivity (Wildman–Crippen MR) is 206 cm³/mol. The fourth-order valence-corrected chi connectivity index (χ4v) is 5.68. The lowest BCUT2D eigenvalue weighted by atomic mass is 9.96. The molecular formula is C38H55N3O16. The van der Waals surface area contributed by atoms with E-state index in [1.807, 2.05) is 0 Å². The maximum atomic E-state index is 10.3. The Morgan fingerprint density at radius 2 is 0.842 bits per heavy atom. The van der Waals surface area contributed by atoms with E-state index < -0.39 is 72.7 Å². The lowest BCUT2D eigenvalue weighted by Crippen LogP contribution is -2.42. The normalized spacial score (nSPS) is 11.4. The Morgan fingerprint density at radius 3 is 1.07 bits per heavy atom. The summed E-state index contributed by atoms with van der Waals surface area (Å²) in [5.41, 5.74) is -2.99. The predicted octanol–water partition coefficient (Wildman–Crippen LogP) is 2.76. The number of carbonyl (C=O) groups is 6. The molecule has 0 atom stereocenters. The first-order valence-electron chi connectivity index (χ1n) is 18.3. The first-order chi connectivity index (χ1) is 26.7. The maximum Gasteiger partial charge on any atom is 0.336 e. The first kappa shape index (κ1) is 49.5. The molecule has 0 saturated heterocycles. The van der Waals surface area contributed by atoms with Crippen LogP contribution in [0.5, 0.6) is 11.5 Å². The molecule has 3 aromatic rings. The van der Waals surface area contributed by atoms with Crippen LogP contribution in [0.3, 0.4) is 0 Å². The van der Waals surface area contributed by atoms with Crippen LogP contribution in [-0.2, 0) is 35.3 Å². The van der Waals surface area contributed by atoms with E-state index in [0.29, 0.717) is 13.2 Å². The van der Waals surface area contributed by atoms with Crippen LogP contribution in [-0.4, -0.2) is 155 Å². The average molecular weight is 810 g/mol. The van der Waals surface area contributed by atoms with E-state index in [1.54, 1.807) is 0 Å². The van der Waals surface area contributed by atoms with Crippen molar-refractivity contribution in [2.75, 3.05) is 52.5 Å². The van der Waals surface area contributed by atoms with Crippen LogP contribution in [0.2, 0.25) is 0 Å². The van der Waals surface area contributed by atoms with Crippen LogP contribution in [0.1, 0.15) is 60.3 Å². The first-order valence-corrected chi connectivity index (χ1v) is 18.3. The summed E-state index contributed by atoms with van der Waals surface area (Å²) >= 11 is 0. The van der Waals surface area contributed by atoms with Gasteiger partial charge in [-0.05, 0) is 69.5 Å². The van der Waals surface area contributed by atoms with Gasteiger partial charge >= 0.3 is 35.8 Å². The molecule has 57 heavy (non-hydrogen) atoms. The molecule has 0 amide bonds. The van der Waals surface area contributed by atoms with Gasteiger partial charge in [-0.25, -0.2) is 9.59 Å². The molecule has 0 aliphatic carbocycles. The summed E-state index contributed by atoms with van der Waals surface area (Å²) < 4.78 is 14.6. The van der Waals surface area contributed by atoms with Crippen LogP contribution in [0.15, 0.2) is 36.4 Å². The number of benzene rings is 2. The minimum Gasteiger partial charge on any atom is -0.492 e. The lowest BCUT2D eigenvalue weighted by molar-refractivity contribution is -0.170. The van der Waals surface area contributed by atoms with Gasteiger partial charge in [-0.1, -0.05) is 27.7 Å². The molecule has 0 saturated carbocycles. The molecular weight excluding hydrogens is 754 g/mol. The zero-order chi connectivity index (χ0) is 43.5. The number of carboxylic acids is 6. The molecule has 19 heteroatoms. The summed E-state index contributed by atoms with van der Waals surface area (Å²) in [7, 11) is 0. The quantitative estimate of drug-likeness (QED) is 0.0683. The molecule has 1 heterocycles. The number of aliphatic hydroxyl groups is 2. The minimum atomic E-state index is -2.74. The second kappa shape index (κ2) is 23.5. The summed E-state index contributed by atoms with van der Waals surface area (Å²) in [6.07, 6.45) is -4.58.